The molecule has 0 amide bonds. The molecule has 3 N–H and O–H groups in total. The topological polar surface area (TPSA) is 87.6 Å². The van der Waals surface area contributed by atoms with Gasteiger partial charge < -0.3 is 11.1 Å². The van der Waals surface area contributed by atoms with Gasteiger partial charge in [-0.15, -0.1) is 0 Å². The number of aromatic nitrogens is 2. The first-order chi connectivity index (χ1) is 6.76. The summed E-state index contributed by atoms with van der Waals surface area (Å²) in [5, 5.41) is 11.5. The van der Waals surface area contributed by atoms with Gasteiger partial charge in [0.2, 0.25) is 0 Å². The highest BCUT2D eigenvalue weighted by Gasteiger charge is 1.99. The van der Waals surface area contributed by atoms with E-state index in [0.717, 1.165) is 6.42 Å². The second kappa shape index (κ2) is 5.14. The van der Waals surface area contributed by atoms with Gasteiger partial charge in [0.15, 0.2) is 5.69 Å². The highest BCUT2D eigenvalue weighted by Crippen LogP contribution is 2.00. The standard InChI is InChI=1S/C9H13N5/c1-2-7(11)4-13-9-6-12-8(3-10)5-14-9/h5-7H,2,4,11H2,1H3,(H,13,14). The SMILES string of the molecule is CCC(N)CNc1cnc(C#N)cn1. The lowest BCUT2D eigenvalue weighted by Crippen LogP contribution is -2.28. The lowest BCUT2D eigenvalue weighted by Gasteiger charge is -2.09. The van der Waals surface area contributed by atoms with Crippen molar-refractivity contribution in [3.05, 3.63) is 18.1 Å². The predicted molar refractivity (Wildman–Crippen MR) is 53.5 cm³/mol. The van der Waals surface area contributed by atoms with E-state index in [1.807, 2.05) is 13.0 Å². The Morgan fingerprint density at radius 1 is 1.57 bits per heavy atom. The third-order valence-corrected chi connectivity index (χ3v) is 1.84. The number of hydrogen-bond donors (Lipinski definition) is 2. The summed E-state index contributed by atoms with van der Waals surface area (Å²) in [7, 11) is 0. The quantitative estimate of drug-likeness (QED) is 0.723. The molecule has 1 atom stereocenters. The molecule has 5 nitrogen and oxygen atoms in total. The third-order valence-electron chi connectivity index (χ3n) is 1.84. The van der Waals surface area contributed by atoms with E-state index < -0.39 is 0 Å². The molecule has 0 aliphatic heterocycles. The van der Waals surface area contributed by atoms with Crippen LogP contribution in [0, 0.1) is 11.3 Å². The Morgan fingerprint density at radius 2 is 2.36 bits per heavy atom. The fourth-order valence-electron chi connectivity index (χ4n) is 0.857. The van der Waals surface area contributed by atoms with Crippen LogP contribution in [0.5, 0.6) is 0 Å². The summed E-state index contributed by atoms with van der Waals surface area (Å²) >= 11 is 0. The van der Waals surface area contributed by atoms with Gasteiger partial charge in [-0.05, 0) is 6.42 Å². The summed E-state index contributed by atoms with van der Waals surface area (Å²) < 4.78 is 0. The van der Waals surface area contributed by atoms with Crippen LogP contribution in [-0.4, -0.2) is 22.6 Å². The molecule has 0 aliphatic rings. The van der Waals surface area contributed by atoms with Crippen molar-refractivity contribution in [1.29, 1.82) is 5.26 Å². The number of anilines is 1. The Morgan fingerprint density at radius 3 is 2.86 bits per heavy atom. The zero-order valence-corrected chi connectivity index (χ0v) is 8.07. The van der Waals surface area contributed by atoms with Gasteiger partial charge in [0, 0.05) is 12.6 Å². The van der Waals surface area contributed by atoms with Gasteiger partial charge in [-0.25, -0.2) is 9.97 Å². The van der Waals surface area contributed by atoms with Crippen molar-refractivity contribution in [3.63, 3.8) is 0 Å². The third kappa shape index (κ3) is 2.99. The van der Waals surface area contributed by atoms with Crippen LogP contribution in [0.25, 0.3) is 0 Å². The van der Waals surface area contributed by atoms with Crippen LogP contribution < -0.4 is 11.1 Å². The van der Waals surface area contributed by atoms with E-state index in [4.69, 9.17) is 11.0 Å². The van der Waals surface area contributed by atoms with Gasteiger partial charge in [-0.1, -0.05) is 6.92 Å². The van der Waals surface area contributed by atoms with E-state index >= 15 is 0 Å². The Balaban J connectivity index is 2.49. The minimum absolute atomic E-state index is 0.118. The molecule has 1 unspecified atom stereocenters. The first kappa shape index (κ1) is 10.4. The molecule has 0 aliphatic carbocycles. The molecule has 1 aromatic rings. The number of nitriles is 1. The summed E-state index contributed by atoms with van der Waals surface area (Å²) in [6, 6.07) is 2.02. The van der Waals surface area contributed by atoms with Crippen molar-refractivity contribution < 1.29 is 0 Å². The Bertz CT molecular complexity index is 313. The number of nitrogens with two attached hydrogens (primary N) is 1. The summed E-state index contributed by atoms with van der Waals surface area (Å²) in [4.78, 5) is 7.88. The molecule has 0 bridgehead atoms. The Kier molecular flexibility index (Phi) is 3.83. The zero-order chi connectivity index (χ0) is 10.4. The van der Waals surface area contributed by atoms with E-state index in [1.165, 1.54) is 12.4 Å². The molecule has 1 aromatic heterocycles. The average Bonchev–Trinajstić information content (AvgIpc) is 2.26. The molecule has 0 aromatic carbocycles. The van der Waals surface area contributed by atoms with Crippen molar-refractivity contribution in [1.82, 2.24) is 9.97 Å². The van der Waals surface area contributed by atoms with Crippen LogP contribution in [0.4, 0.5) is 5.82 Å². The van der Waals surface area contributed by atoms with Crippen LogP contribution in [0.3, 0.4) is 0 Å². The lowest BCUT2D eigenvalue weighted by molar-refractivity contribution is 0.677. The molecule has 0 saturated carbocycles. The monoisotopic (exact) mass is 191 g/mol. The molecular weight excluding hydrogens is 178 g/mol. The van der Waals surface area contributed by atoms with Crippen LogP contribution in [0.1, 0.15) is 19.0 Å². The fraction of sp³-hybridized carbons (Fsp3) is 0.444. The molecule has 0 fully saturated rings. The molecule has 74 valence electrons. The maximum absolute atomic E-state index is 8.49. The molecule has 1 rings (SSSR count). The summed E-state index contributed by atoms with van der Waals surface area (Å²) in [5.41, 5.74) is 6.03. The highest BCUT2D eigenvalue weighted by atomic mass is 15.0. The van der Waals surface area contributed by atoms with Crippen LogP contribution in [0.15, 0.2) is 12.4 Å². The number of nitrogens with zero attached hydrogens (tertiary/aromatic N) is 3. The molecule has 0 spiro atoms. The molecule has 0 radical (unpaired) electrons. The minimum Gasteiger partial charge on any atom is -0.367 e. The second-order valence-electron chi connectivity index (χ2n) is 2.95. The molecule has 14 heavy (non-hydrogen) atoms. The fourth-order valence-corrected chi connectivity index (χ4v) is 0.857. The predicted octanol–water partition coefficient (Wildman–Crippen LogP) is 0.497. The zero-order valence-electron chi connectivity index (χ0n) is 8.07. The van der Waals surface area contributed by atoms with Gasteiger partial charge in [-0.2, -0.15) is 5.26 Å². The largest absolute Gasteiger partial charge is 0.367 e. The van der Waals surface area contributed by atoms with E-state index in [2.05, 4.69) is 15.3 Å². The van der Waals surface area contributed by atoms with Gasteiger partial charge in [0.1, 0.15) is 11.9 Å². The Labute approximate surface area is 83.0 Å². The van der Waals surface area contributed by atoms with Crippen molar-refractivity contribution in [2.24, 2.45) is 5.73 Å². The maximum Gasteiger partial charge on any atom is 0.158 e. The van der Waals surface area contributed by atoms with Gasteiger partial charge in [-0.3, -0.25) is 0 Å². The average molecular weight is 191 g/mol. The van der Waals surface area contributed by atoms with Crippen LogP contribution in [-0.2, 0) is 0 Å². The number of nitrogens with one attached hydrogen (secondary N) is 1. The maximum atomic E-state index is 8.49. The molecule has 5 heteroatoms. The summed E-state index contributed by atoms with van der Waals surface area (Å²) in [6.07, 6.45) is 3.87. The van der Waals surface area contributed by atoms with E-state index in [1.54, 1.807) is 0 Å². The van der Waals surface area contributed by atoms with Crippen molar-refractivity contribution in [2.75, 3.05) is 11.9 Å². The normalized spacial score (nSPS) is 11.8. The molecular formula is C9H13N5. The van der Waals surface area contributed by atoms with Crippen LogP contribution >= 0.6 is 0 Å². The smallest absolute Gasteiger partial charge is 0.158 e. The first-order valence-corrected chi connectivity index (χ1v) is 4.48. The van der Waals surface area contributed by atoms with Crippen molar-refractivity contribution in [2.45, 2.75) is 19.4 Å². The molecule has 0 saturated heterocycles. The second-order valence-corrected chi connectivity index (χ2v) is 2.95. The van der Waals surface area contributed by atoms with Crippen LogP contribution in [0.2, 0.25) is 0 Å². The molecule has 1 heterocycles. The summed E-state index contributed by atoms with van der Waals surface area (Å²) in [5.74, 6) is 0.646. The van der Waals surface area contributed by atoms with E-state index in [0.29, 0.717) is 18.1 Å². The van der Waals surface area contributed by atoms with Gasteiger partial charge in [0.25, 0.3) is 0 Å². The Hall–Kier alpha value is -1.67. The van der Waals surface area contributed by atoms with E-state index in [-0.39, 0.29) is 6.04 Å². The first-order valence-electron chi connectivity index (χ1n) is 4.48. The summed E-state index contributed by atoms with van der Waals surface area (Å²) in [6.45, 7) is 2.69. The van der Waals surface area contributed by atoms with E-state index in [9.17, 15) is 0 Å². The lowest BCUT2D eigenvalue weighted by atomic mass is 10.2. The highest BCUT2D eigenvalue weighted by molar-refractivity contribution is 5.33. The number of hydrogen-bond acceptors (Lipinski definition) is 5. The minimum atomic E-state index is 0.118. The van der Waals surface area contributed by atoms with Gasteiger partial charge in [0.05, 0.1) is 12.4 Å². The van der Waals surface area contributed by atoms with Crippen molar-refractivity contribution >= 4 is 5.82 Å². The van der Waals surface area contributed by atoms with Gasteiger partial charge >= 0.3 is 0 Å². The van der Waals surface area contributed by atoms with Crippen molar-refractivity contribution in [3.8, 4) is 6.07 Å². The number of rotatable bonds is 4.